The standard InChI is InChI=1S/C16H25Cl2NO2/c1-4-21-15-6-5-14(19(9-7-17)10-8-18)11-13(15)12-16(2,3)20/h5-6,11,20H,4,7-10,12H2,1-3H3. The summed E-state index contributed by atoms with van der Waals surface area (Å²) in [4.78, 5) is 2.14. The third-order valence-electron chi connectivity index (χ3n) is 3.04. The zero-order valence-corrected chi connectivity index (χ0v) is 14.5. The van der Waals surface area contributed by atoms with E-state index in [-0.39, 0.29) is 0 Å². The van der Waals surface area contributed by atoms with Crippen molar-refractivity contribution in [1.29, 1.82) is 0 Å². The van der Waals surface area contributed by atoms with E-state index < -0.39 is 5.60 Å². The average molecular weight is 334 g/mol. The first-order chi connectivity index (χ1) is 9.91. The average Bonchev–Trinajstić information content (AvgIpc) is 2.39. The van der Waals surface area contributed by atoms with Crippen LogP contribution < -0.4 is 9.64 Å². The van der Waals surface area contributed by atoms with Gasteiger partial charge in [0, 0.05) is 37.0 Å². The summed E-state index contributed by atoms with van der Waals surface area (Å²) < 4.78 is 5.66. The highest BCUT2D eigenvalue weighted by Crippen LogP contribution is 2.28. The minimum atomic E-state index is -0.783. The molecule has 0 fully saturated rings. The number of benzene rings is 1. The molecule has 0 aliphatic heterocycles. The summed E-state index contributed by atoms with van der Waals surface area (Å²) in [5.41, 5.74) is 1.27. The van der Waals surface area contributed by atoms with Crippen molar-refractivity contribution in [1.82, 2.24) is 0 Å². The Kier molecular flexibility index (Phi) is 7.64. The molecule has 0 amide bonds. The van der Waals surface area contributed by atoms with E-state index in [0.29, 0.717) is 24.8 Å². The number of halogens is 2. The lowest BCUT2D eigenvalue weighted by Gasteiger charge is -2.26. The Morgan fingerprint density at radius 3 is 2.29 bits per heavy atom. The Hall–Kier alpha value is -0.640. The molecule has 3 nitrogen and oxygen atoms in total. The number of hydrogen-bond donors (Lipinski definition) is 1. The van der Waals surface area contributed by atoms with Crippen LogP contribution in [0.4, 0.5) is 5.69 Å². The van der Waals surface area contributed by atoms with Crippen molar-refractivity contribution in [2.75, 3.05) is 36.4 Å². The van der Waals surface area contributed by atoms with E-state index in [2.05, 4.69) is 11.0 Å². The first-order valence-corrected chi connectivity index (χ1v) is 8.33. The Balaban J connectivity index is 3.08. The summed E-state index contributed by atoms with van der Waals surface area (Å²) in [6.45, 7) is 7.63. The molecule has 0 unspecified atom stereocenters. The number of alkyl halides is 2. The van der Waals surface area contributed by atoms with Gasteiger partial charge in [-0.1, -0.05) is 0 Å². The number of nitrogens with zero attached hydrogens (tertiary/aromatic N) is 1. The lowest BCUT2D eigenvalue weighted by Crippen LogP contribution is -2.28. The van der Waals surface area contributed by atoms with Crippen LogP contribution in [-0.2, 0) is 6.42 Å². The molecular weight excluding hydrogens is 309 g/mol. The molecule has 0 spiro atoms. The number of rotatable bonds is 9. The monoisotopic (exact) mass is 333 g/mol. The van der Waals surface area contributed by atoms with E-state index in [1.165, 1.54) is 0 Å². The first-order valence-electron chi connectivity index (χ1n) is 7.26. The highest BCUT2D eigenvalue weighted by Gasteiger charge is 2.18. The second kappa shape index (κ2) is 8.72. The minimum Gasteiger partial charge on any atom is -0.494 e. The maximum Gasteiger partial charge on any atom is 0.122 e. The molecule has 21 heavy (non-hydrogen) atoms. The fraction of sp³-hybridized carbons (Fsp3) is 0.625. The first kappa shape index (κ1) is 18.4. The molecule has 0 aromatic heterocycles. The highest BCUT2D eigenvalue weighted by atomic mass is 35.5. The minimum absolute atomic E-state index is 0.533. The molecule has 0 bridgehead atoms. The molecule has 0 aliphatic rings. The summed E-state index contributed by atoms with van der Waals surface area (Å²) in [7, 11) is 0. The molecule has 0 atom stereocenters. The maximum absolute atomic E-state index is 10.1. The van der Waals surface area contributed by atoms with E-state index in [1.54, 1.807) is 13.8 Å². The Morgan fingerprint density at radius 1 is 1.19 bits per heavy atom. The SMILES string of the molecule is CCOc1ccc(N(CCCl)CCCl)cc1CC(C)(C)O. The van der Waals surface area contributed by atoms with Gasteiger partial charge in [-0.3, -0.25) is 0 Å². The van der Waals surface area contributed by atoms with Crippen molar-refractivity contribution in [3.05, 3.63) is 23.8 Å². The zero-order valence-electron chi connectivity index (χ0n) is 13.0. The molecule has 120 valence electrons. The lowest BCUT2D eigenvalue weighted by atomic mass is 9.97. The van der Waals surface area contributed by atoms with Gasteiger partial charge < -0.3 is 14.7 Å². The molecule has 0 saturated carbocycles. The molecule has 1 rings (SSSR count). The van der Waals surface area contributed by atoms with Crippen molar-refractivity contribution < 1.29 is 9.84 Å². The van der Waals surface area contributed by atoms with Crippen LogP contribution in [0, 0.1) is 0 Å². The van der Waals surface area contributed by atoms with Crippen molar-refractivity contribution in [2.45, 2.75) is 32.8 Å². The number of aliphatic hydroxyl groups is 1. The summed E-state index contributed by atoms with van der Waals surface area (Å²) >= 11 is 11.7. The molecule has 1 N–H and O–H groups in total. The van der Waals surface area contributed by atoms with Crippen LogP contribution in [0.2, 0.25) is 0 Å². The fourth-order valence-corrected chi connectivity index (χ4v) is 2.65. The predicted molar refractivity (Wildman–Crippen MR) is 91.3 cm³/mol. The van der Waals surface area contributed by atoms with Gasteiger partial charge in [0.15, 0.2) is 0 Å². The largest absolute Gasteiger partial charge is 0.494 e. The van der Waals surface area contributed by atoms with Gasteiger partial charge >= 0.3 is 0 Å². The van der Waals surface area contributed by atoms with Crippen LogP contribution in [0.5, 0.6) is 5.75 Å². The summed E-state index contributed by atoms with van der Waals surface area (Å²) in [6.07, 6.45) is 0.533. The van der Waals surface area contributed by atoms with Crippen LogP contribution in [0.15, 0.2) is 18.2 Å². The summed E-state index contributed by atoms with van der Waals surface area (Å²) in [6, 6.07) is 6.02. The number of anilines is 1. The Bertz CT molecular complexity index is 427. The Morgan fingerprint density at radius 2 is 1.81 bits per heavy atom. The molecule has 0 radical (unpaired) electrons. The number of hydrogen-bond acceptors (Lipinski definition) is 3. The van der Waals surface area contributed by atoms with Gasteiger partial charge in [-0.15, -0.1) is 23.2 Å². The number of ether oxygens (including phenoxy) is 1. The topological polar surface area (TPSA) is 32.7 Å². The van der Waals surface area contributed by atoms with Crippen molar-refractivity contribution >= 4 is 28.9 Å². The molecule has 1 aromatic rings. The molecular formula is C16H25Cl2NO2. The van der Waals surface area contributed by atoms with Crippen LogP contribution in [0.1, 0.15) is 26.3 Å². The fourth-order valence-electron chi connectivity index (χ4n) is 2.24. The van der Waals surface area contributed by atoms with Gasteiger partial charge in [-0.05, 0) is 44.5 Å². The van der Waals surface area contributed by atoms with Crippen molar-refractivity contribution in [3.8, 4) is 5.75 Å². The van der Waals surface area contributed by atoms with Crippen molar-refractivity contribution in [2.24, 2.45) is 0 Å². The maximum atomic E-state index is 10.1. The third-order valence-corrected chi connectivity index (χ3v) is 3.38. The van der Waals surface area contributed by atoms with Gasteiger partial charge in [-0.2, -0.15) is 0 Å². The van der Waals surface area contributed by atoms with Gasteiger partial charge in [0.1, 0.15) is 5.75 Å². The van der Waals surface area contributed by atoms with Gasteiger partial charge in [0.25, 0.3) is 0 Å². The second-order valence-corrected chi connectivity index (χ2v) is 6.34. The van der Waals surface area contributed by atoms with Gasteiger partial charge in [0.2, 0.25) is 0 Å². The van der Waals surface area contributed by atoms with Crippen LogP contribution >= 0.6 is 23.2 Å². The van der Waals surface area contributed by atoms with E-state index >= 15 is 0 Å². The van der Waals surface area contributed by atoms with E-state index in [4.69, 9.17) is 27.9 Å². The van der Waals surface area contributed by atoms with Crippen molar-refractivity contribution in [3.63, 3.8) is 0 Å². The van der Waals surface area contributed by atoms with Crippen LogP contribution in [0.3, 0.4) is 0 Å². The molecule has 5 heteroatoms. The molecule has 0 heterocycles. The summed E-state index contributed by atoms with van der Waals surface area (Å²) in [5.74, 6) is 1.91. The van der Waals surface area contributed by atoms with E-state index in [1.807, 2.05) is 19.1 Å². The molecule has 1 aromatic carbocycles. The van der Waals surface area contributed by atoms with Crippen LogP contribution in [-0.4, -0.2) is 42.2 Å². The smallest absolute Gasteiger partial charge is 0.122 e. The Labute approximate surface area is 137 Å². The lowest BCUT2D eigenvalue weighted by molar-refractivity contribution is 0.0801. The summed E-state index contributed by atoms with van der Waals surface area (Å²) in [5, 5.41) is 10.1. The normalized spacial score (nSPS) is 11.5. The van der Waals surface area contributed by atoms with Gasteiger partial charge in [-0.25, -0.2) is 0 Å². The zero-order chi connectivity index (χ0) is 15.9. The quantitative estimate of drug-likeness (QED) is 0.699. The third kappa shape index (κ3) is 6.33. The predicted octanol–water partition coefficient (Wildman–Crippen LogP) is 3.68. The molecule has 0 saturated heterocycles. The van der Waals surface area contributed by atoms with Gasteiger partial charge in [0.05, 0.1) is 12.2 Å². The highest BCUT2D eigenvalue weighted by molar-refractivity contribution is 6.18. The van der Waals surface area contributed by atoms with E-state index in [9.17, 15) is 5.11 Å². The van der Waals surface area contributed by atoms with Crippen LogP contribution in [0.25, 0.3) is 0 Å². The van der Waals surface area contributed by atoms with E-state index in [0.717, 1.165) is 30.1 Å². The molecule has 0 aliphatic carbocycles. The second-order valence-electron chi connectivity index (χ2n) is 5.58.